The van der Waals surface area contributed by atoms with E-state index in [2.05, 4.69) is 45.0 Å². The molecule has 21 heavy (non-hydrogen) atoms. The highest BCUT2D eigenvalue weighted by atomic mass is 15.2. The van der Waals surface area contributed by atoms with E-state index in [9.17, 15) is 0 Å². The largest absolute Gasteiger partial charge is 0.326 e. The molecule has 0 spiro atoms. The van der Waals surface area contributed by atoms with Crippen molar-refractivity contribution in [2.75, 3.05) is 18.4 Å². The second-order valence-electron chi connectivity index (χ2n) is 5.84. The van der Waals surface area contributed by atoms with Crippen LogP contribution >= 0.6 is 0 Å². The molecular weight excluding hydrogens is 260 g/mol. The highest BCUT2D eigenvalue weighted by Crippen LogP contribution is 2.17. The Bertz CT molecular complexity index is 543. The van der Waals surface area contributed by atoms with Crippen LogP contribution in [0.3, 0.4) is 0 Å². The Kier molecular flexibility index (Phi) is 4.55. The lowest BCUT2D eigenvalue weighted by atomic mass is 10.1. The number of rotatable bonds is 5. The minimum absolute atomic E-state index is 0.552. The van der Waals surface area contributed by atoms with E-state index in [0.717, 1.165) is 18.2 Å². The molecule has 112 valence electrons. The molecule has 1 aliphatic heterocycles. The van der Waals surface area contributed by atoms with Crippen LogP contribution in [0.5, 0.6) is 0 Å². The molecule has 1 aromatic heterocycles. The van der Waals surface area contributed by atoms with Crippen LogP contribution in [0, 0.1) is 0 Å². The Morgan fingerprint density at radius 1 is 1.14 bits per heavy atom. The number of hydrogen-bond acceptors (Lipinski definition) is 3. The van der Waals surface area contributed by atoms with Gasteiger partial charge in [0.2, 0.25) is 5.95 Å². The van der Waals surface area contributed by atoms with E-state index in [0.29, 0.717) is 6.04 Å². The summed E-state index contributed by atoms with van der Waals surface area (Å²) in [5.41, 5.74) is 1.08. The van der Waals surface area contributed by atoms with E-state index in [1.54, 1.807) is 0 Å². The van der Waals surface area contributed by atoms with Crippen LogP contribution in [0.4, 0.5) is 11.6 Å². The second kappa shape index (κ2) is 6.76. The van der Waals surface area contributed by atoms with Crippen LogP contribution in [0.25, 0.3) is 0 Å². The zero-order chi connectivity index (χ0) is 14.5. The number of aromatic nitrogens is 2. The van der Waals surface area contributed by atoms with Gasteiger partial charge in [-0.25, -0.2) is 4.98 Å². The first-order chi connectivity index (χ1) is 10.3. The summed E-state index contributed by atoms with van der Waals surface area (Å²) in [5.74, 6) is 0.921. The zero-order valence-corrected chi connectivity index (χ0v) is 12.7. The summed E-state index contributed by atoms with van der Waals surface area (Å²) >= 11 is 0. The zero-order valence-electron chi connectivity index (χ0n) is 12.7. The van der Waals surface area contributed by atoms with Crippen molar-refractivity contribution < 1.29 is 0 Å². The van der Waals surface area contributed by atoms with Crippen LogP contribution in [0.2, 0.25) is 0 Å². The van der Waals surface area contributed by atoms with Crippen molar-refractivity contribution in [2.24, 2.45) is 0 Å². The molecule has 0 bridgehead atoms. The fourth-order valence-electron chi connectivity index (χ4n) is 2.99. The average molecular weight is 284 g/mol. The van der Waals surface area contributed by atoms with Gasteiger partial charge in [-0.15, -0.1) is 0 Å². The highest BCUT2D eigenvalue weighted by Gasteiger charge is 2.17. The van der Waals surface area contributed by atoms with Crippen molar-refractivity contribution >= 4 is 11.6 Å². The van der Waals surface area contributed by atoms with Crippen molar-refractivity contribution in [1.82, 2.24) is 14.5 Å². The molecule has 1 atom stereocenters. The van der Waals surface area contributed by atoms with Crippen molar-refractivity contribution in [3.05, 3.63) is 42.7 Å². The van der Waals surface area contributed by atoms with E-state index in [4.69, 9.17) is 0 Å². The van der Waals surface area contributed by atoms with E-state index >= 15 is 0 Å². The number of imidazole rings is 1. The van der Waals surface area contributed by atoms with Gasteiger partial charge in [0.15, 0.2) is 0 Å². The maximum Gasteiger partial charge on any atom is 0.207 e. The summed E-state index contributed by atoms with van der Waals surface area (Å²) in [6.45, 7) is 5.77. The maximum atomic E-state index is 4.44. The van der Waals surface area contributed by atoms with Gasteiger partial charge in [0.25, 0.3) is 0 Å². The standard InChI is InChI=1S/C17H24N4/c1-15(20-11-6-3-7-12-20)14-21-13-10-18-17(21)19-16-8-4-2-5-9-16/h2,4-5,8-10,13,15H,3,6-7,11-12,14H2,1H3,(H,18,19). The van der Waals surface area contributed by atoms with Crippen LogP contribution in [-0.4, -0.2) is 33.6 Å². The number of benzene rings is 1. The van der Waals surface area contributed by atoms with Crippen LogP contribution in [0.1, 0.15) is 26.2 Å². The van der Waals surface area contributed by atoms with Gasteiger partial charge in [-0.3, -0.25) is 4.90 Å². The fraction of sp³-hybridized carbons (Fsp3) is 0.471. The molecule has 1 aliphatic rings. The molecule has 1 saturated heterocycles. The summed E-state index contributed by atoms with van der Waals surface area (Å²) < 4.78 is 2.21. The van der Waals surface area contributed by atoms with Gasteiger partial charge in [0.05, 0.1) is 0 Å². The minimum atomic E-state index is 0.552. The number of para-hydroxylation sites is 1. The predicted octanol–water partition coefficient (Wildman–Crippen LogP) is 3.50. The first-order valence-electron chi connectivity index (χ1n) is 7.90. The Balaban J connectivity index is 1.64. The summed E-state index contributed by atoms with van der Waals surface area (Å²) in [4.78, 5) is 7.04. The van der Waals surface area contributed by atoms with Crippen molar-refractivity contribution in [1.29, 1.82) is 0 Å². The number of likely N-dealkylation sites (tertiary alicyclic amines) is 1. The van der Waals surface area contributed by atoms with Gasteiger partial charge in [-0.05, 0) is 45.0 Å². The van der Waals surface area contributed by atoms with Crippen molar-refractivity contribution in [2.45, 2.75) is 38.8 Å². The van der Waals surface area contributed by atoms with Crippen molar-refractivity contribution in [3.8, 4) is 0 Å². The Labute approximate surface area is 126 Å². The molecule has 0 radical (unpaired) electrons. The maximum absolute atomic E-state index is 4.44. The first kappa shape index (κ1) is 14.1. The lowest BCUT2D eigenvalue weighted by Gasteiger charge is -2.32. The third-order valence-electron chi connectivity index (χ3n) is 4.22. The van der Waals surface area contributed by atoms with E-state index in [1.165, 1.54) is 32.4 Å². The summed E-state index contributed by atoms with van der Waals surface area (Å²) in [6, 6.07) is 10.8. The minimum Gasteiger partial charge on any atom is -0.326 e. The second-order valence-corrected chi connectivity index (χ2v) is 5.84. The van der Waals surface area contributed by atoms with Gasteiger partial charge in [-0.2, -0.15) is 0 Å². The van der Waals surface area contributed by atoms with Gasteiger partial charge >= 0.3 is 0 Å². The molecule has 4 nitrogen and oxygen atoms in total. The quantitative estimate of drug-likeness (QED) is 0.912. The van der Waals surface area contributed by atoms with Gasteiger partial charge in [-0.1, -0.05) is 24.6 Å². The van der Waals surface area contributed by atoms with E-state index in [-0.39, 0.29) is 0 Å². The van der Waals surface area contributed by atoms with Crippen LogP contribution in [-0.2, 0) is 6.54 Å². The Morgan fingerprint density at radius 2 is 1.90 bits per heavy atom. The molecule has 4 heteroatoms. The molecule has 2 aromatic rings. The summed E-state index contributed by atoms with van der Waals surface area (Å²) in [6.07, 6.45) is 7.99. The lowest BCUT2D eigenvalue weighted by molar-refractivity contribution is 0.160. The monoisotopic (exact) mass is 284 g/mol. The normalized spacial score (nSPS) is 17.6. The molecule has 1 N–H and O–H groups in total. The van der Waals surface area contributed by atoms with E-state index in [1.807, 2.05) is 24.4 Å². The summed E-state index contributed by atoms with van der Waals surface area (Å²) in [7, 11) is 0. The summed E-state index contributed by atoms with van der Waals surface area (Å²) in [5, 5.41) is 3.39. The third-order valence-corrected chi connectivity index (χ3v) is 4.22. The molecule has 0 saturated carbocycles. The predicted molar refractivity (Wildman–Crippen MR) is 86.8 cm³/mol. The van der Waals surface area contributed by atoms with Crippen LogP contribution in [0.15, 0.2) is 42.7 Å². The number of piperidine rings is 1. The number of nitrogens with one attached hydrogen (secondary N) is 1. The number of anilines is 2. The molecular formula is C17H24N4. The van der Waals surface area contributed by atoms with Crippen LogP contribution < -0.4 is 5.32 Å². The number of hydrogen-bond donors (Lipinski definition) is 1. The smallest absolute Gasteiger partial charge is 0.207 e. The van der Waals surface area contributed by atoms with E-state index < -0.39 is 0 Å². The molecule has 1 unspecified atom stereocenters. The first-order valence-corrected chi connectivity index (χ1v) is 7.90. The number of nitrogens with zero attached hydrogens (tertiary/aromatic N) is 3. The molecule has 0 aliphatic carbocycles. The molecule has 2 heterocycles. The fourth-order valence-corrected chi connectivity index (χ4v) is 2.99. The third kappa shape index (κ3) is 3.64. The molecule has 1 aromatic carbocycles. The topological polar surface area (TPSA) is 33.1 Å². The van der Waals surface area contributed by atoms with Gasteiger partial charge in [0, 0.05) is 30.7 Å². The van der Waals surface area contributed by atoms with Gasteiger partial charge in [0.1, 0.15) is 0 Å². The molecule has 1 fully saturated rings. The Morgan fingerprint density at radius 3 is 2.67 bits per heavy atom. The van der Waals surface area contributed by atoms with Crippen molar-refractivity contribution in [3.63, 3.8) is 0 Å². The SMILES string of the molecule is CC(Cn1ccnc1Nc1ccccc1)N1CCCCC1. The highest BCUT2D eigenvalue weighted by molar-refractivity contribution is 5.53. The molecule has 3 rings (SSSR count). The van der Waals surface area contributed by atoms with Gasteiger partial charge < -0.3 is 9.88 Å². The Hall–Kier alpha value is -1.81. The average Bonchev–Trinajstić information content (AvgIpc) is 2.96. The lowest BCUT2D eigenvalue weighted by Crippen LogP contribution is -2.39. The molecule has 0 amide bonds.